The van der Waals surface area contributed by atoms with Gasteiger partial charge in [0.1, 0.15) is 0 Å². The molecule has 253 valence electrons. The molecule has 1 aliphatic rings. The molecule has 3 nitrogen and oxygen atoms in total. The molecule has 0 fully saturated rings. The van der Waals surface area contributed by atoms with E-state index in [9.17, 15) is 0 Å². The van der Waals surface area contributed by atoms with Crippen molar-refractivity contribution in [3.8, 4) is 16.8 Å². The molecule has 11 rings (SSSR count). The number of nitrogens with one attached hydrogen (secondary N) is 1. The van der Waals surface area contributed by atoms with Gasteiger partial charge in [-0.2, -0.15) is 0 Å². The van der Waals surface area contributed by atoms with Crippen molar-refractivity contribution in [3.63, 3.8) is 0 Å². The van der Waals surface area contributed by atoms with E-state index in [4.69, 9.17) is 0 Å². The largest absolute Gasteiger partial charge is 0.355 e. The second-order valence-corrected chi connectivity index (χ2v) is 15.2. The number of fused-ring (bicyclic) bond motifs is 8. The van der Waals surface area contributed by atoms with Crippen LogP contribution in [0.1, 0.15) is 5.56 Å². The number of anilines is 5. The number of aryl methyl sites for hydroxylation is 1. The lowest BCUT2D eigenvalue weighted by molar-refractivity contribution is 1.18. The molecule has 1 aliphatic heterocycles. The molecular weight excluding hydrogens is 673 g/mol. The van der Waals surface area contributed by atoms with Crippen LogP contribution in [0.5, 0.6) is 0 Å². The molecule has 0 atom stereocenters. The Morgan fingerprint density at radius 1 is 0.556 bits per heavy atom. The van der Waals surface area contributed by atoms with E-state index >= 15 is 0 Å². The van der Waals surface area contributed by atoms with Crippen LogP contribution < -0.4 is 21.1 Å². The zero-order valence-electron chi connectivity index (χ0n) is 29.6. The van der Waals surface area contributed by atoms with Crippen LogP contribution >= 0.6 is 11.3 Å². The summed E-state index contributed by atoms with van der Waals surface area (Å²) in [5, 5.41) is 9.02. The number of hydrogen-bond donors (Lipinski definition) is 1. The van der Waals surface area contributed by atoms with Crippen molar-refractivity contribution in [1.29, 1.82) is 0 Å². The van der Waals surface area contributed by atoms with Gasteiger partial charge >= 0.3 is 0 Å². The maximum atomic E-state index is 3.94. The van der Waals surface area contributed by atoms with Crippen LogP contribution in [0.4, 0.5) is 28.4 Å². The van der Waals surface area contributed by atoms with Crippen LogP contribution in [0.2, 0.25) is 0 Å². The van der Waals surface area contributed by atoms with Crippen molar-refractivity contribution in [2.75, 3.05) is 10.2 Å². The lowest BCUT2D eigenvalue weighted by Gasteiger charge is -2.30. The molecule has 0 unspecified atom stereocenters. The molecule has 0 spiro atoms. The predicted octanol–water partition coefficient (Wildman–Crippen LogP) is 12.3. The summed E-state index contributed by atoms with van der Waals surface area (Å²) in [5.41, 5.74) is 15.1. The minimum atomic E-state index is 1.08. The molecule has 0 saturated heterocycles. The van der Waals surface area contributed by atoms with Crippen LogP contribution in [0.25, 0.3) is 58.8 Å². The Morgan fingerprint density at radius 2 is 1.24 bits per heavy atom. The van der Waals surface area contributed by atoms with Gasteiger partial charge in [0.2, 0.25) is 0 Å². The van der Waals surface area contributed by atoms with Crippen molar-refractivity contribution in [2.24, 2.45) is 0 Å². The first-order valence-corrected chi connectivity index (χ1v) is 19.3. The van der Waals surface area contributed by atoms with Crippen LogP contribution in [0.15, 0.2) is 176 Å². The number of benzene rings is 8. The topological polar surface area (TPSA) is 20.2 Å². The lowest BCUT2D eigenvalue weighted by Crippen LogP contribution is -2.37. The summed E-state index contributed by atoms with van der Waals surface area (Å²) in [6.07, 6.45) is 0. The molecule has 0 bridgehead atoms. The van der Waals surface area contributed by atoms with Crippen LogP contribution in [0, 0.1) is 6.92 Å². The molecule has 1 N–H and O–H groups in total. The third kappa shape index (κ3) is 4.75. The summed E-state index contributed by atoms with van der Waals surface area (Å²) in [6.45, 7) is 2.17. The quantitative estimate of drug-likeness (QED) is 0.174. The van der Waals surface area contributed by atoms with Gasteiger partial charge in [0.25, 0.3) is 0 Å². The smallest absolute Gasteiger partial charge is 0.197 e. The van der Waals surface area contributed by atoms with E-state index in [0.717, 1.165) is 28.4 Å². The number of rotatable bonds is 6. The van der Waals surface area contributed by atoms with E-state index in [1.165, 1.54) is 75.3 Å². The highest BCUT2D eigenvalue weighted by molar-refractivity contribution is 7.26. The maximum absolute atomic E-state index is 3.94. The Hall–Kier alpha value is -6.56. The first kappa shape index (κ1) is 31.0. The zero-order chi connectivity index (χ0) is 35.8. The highest BCUT2D eigenvalue weighted by Gasteiger charge is 2.29. The van der Waals surface area contributed by atoms with Gasteiger partial charge in [-0.3, -0.25) is 0 Å². The summed E-state index contributed by atoms with van der Waals surface area (Å²) in [5.74, 6) is 0. The third-order valence-electron chi connectivity index (χ3n) is 10.9. The van der Waals surface area contributed by atoms with Crippen molar-refractivity contribution >= 4 is 100.0 Å². The Morgan fingerprint density at radius 3 is 2.04 bits per heavy atom. The fourth-order valence-electron chi connectivity index (χ4n) is 8.52. The molecule has 10 aromatic rings. The number of para-hydroxylation sites is 5. The molecule has 0 aliphatic carbocycles. The molecule has 0 amide bonds. The molecular formula is C49H33BN3S. The minimum Gasteiger partial charge on any atom is -0.355 e. The highest BCUT2D eigenvalue weighted by Crippen LogP contribution is 2.47. The molecule has 5 heteroatoms. The van der Waals surface area contributed by atoms with Gasteiger partial charge in [0.05, 0.1) is 5.52 Å². The van der Waals surface area contributed by atoms with E-state index in [1.807, 2.05) is 11.3 Å². The van der Waals surface area contributed by atoms with Crippen LogP contribution in [0.3, 0.4) is 0 Å². The average Bonchev–Trinajstić information content (AvgIpc) is 3.77. The standard InChI is InChI=1S/C49H33BN3S/c1-31-15-8-11-24-40(31)51-41-27-28-45-47(37-21-10-13-26-44(37)54-45)46(41)38-29-34(52(32-16-4-2-5-17-32)33-18-6-3-7-19-33)30-43-48(38)50-39-23-14-22-36-35-20-9-12-25-42(35)53(43)49(36)39/h2-30,51H,1H3. The summed E-state index contributed by atoms with van der Waals surface area (Å²) < 4.78 is 5.07. The molecule has 2 aromatic heterocycles. The Labute approximate surface area is 318 Å². The van der Waals surface area contributed by atoms with Gasteiger partial charge in [-0.1, -0.05) is 115 Å². The van der Waals surface area contributed by atoms with Gasteiger partial charge < -0.3 is 14.8 Å². The van der Waals surface area contributed by atoms with E-state index < -0.39 is 0 Å². The van der Waals surface area contributed by atoms with Gasteiger partial charge in [0, 0.05) is 76.1 Å². The van der Waals surface area contributed by atoms with Gasteiger partial charge in [0.15, 0.2) is 7.28 Å². The average molecular weight is 707 g/mol. The fourth-order valence-corrected chi connectivity index (χ4v) is 9.64. The van der Waals surface area contributed by atoms with E-state index in [-0.39, 0.29) is 0 Å². The van der Waals surface area contributed by atoms with Crippen LogP contribution in [-0.4, -0.2) is 11.8 Å². The minimum absolute atomic E-state index is 1.08. The second-order valence-electron chi connectivity index (χ2n) is 14.1. The molecule has 0 saturated carbocycles. The summed E-state index contributed by atoms with van der Waals surface area (Å²) >= 11 is 1.86. The Balaban J connectivity index is 1.30. The summed E-state index contributed by atoms with van der Waals surface area (Å²) in [7, 11) is 2.43. The first-order valence-electron chi connectivity index (χ1n) is 18.4. The SMILES string of the molecule is Cc1ccccc1Nc1ccc2sc3ccccc3c2c1-c1cc(N(c2ccccc2)c2ccccc2)cc2c1[B]c1cccc3c4ccccc4n-2c13. The van der Waals surface area contributed by atoms with Gasteiger partial charge in [-0.25, -0.2) is 0 Å². The van der Waals surface area contributed by atoms with Crippen molar-refractivity contribution in [1.82, 2.24) is 4.57 Å². The van der Waals surface area contributed by atoms with Crippen molar-refractivity contribution in [3.05, 3.63) is 181 Å². The third-order valence-corrected chi connectivity index (χ3v) is 12.1. The molecule has 3 heterocycles. The molecule has 1 radical (unpaired) electrons. The van der Waals surface area contributed by atoms with E-state index in [0.29, 0.717) is 0 Å². The van der Waals surface area contributed by atoms with E-state index in [1.54, 1.807) is 0 Å². The van der Waals surface area contributed by atoms with Gasteiger partial charge in [-0.15, -0.1) is 11.3 Å². The maximum Gasteiger partial charge on any atom is 0.197 e. The predicted molar refractivity (Wildman–Crippen MR) is 233 cm³/mol. The summed E-state index contributed by atoms with van der Waals surface area (Å²) in [4.78, 5) is 2.40. The van der Waals surface area contributed by atoms with Crippen molar-refractivity contribution in [2.45, 2.75) is 6.92 Å². The molecule has 8 aromatic carbocycles. The van der Waals surface area contributed by atoms with Gasteiger partial charge in [-0.05, 0) is 90.2 Å². The zero-order valence-corrected chi connectivity index (χ0v) is 30.4. The monoisotopic (exact) mass is 706 g/mol. The number of aromatic nitrogens is 1. The first-order chi connectivity index (χ1) is 26.7. The lowest BCUT2D eigenvalue weighted by atomic mass is 9.59. The number of hydrogen-bond acceptors (Lipinski definition) is 3. The van der Waals surface area contributed by atoms with E-state index in [2.05, 4.69) is 205 Å². The summed E-state index contributed by atoms with van der Waals surface area (Å²) in [6, 6.07) is 63.9. The fraction of sp³-hybridized carbons (Fsp3) is 0.0204. The Bertz CT molecular complexity index is 3030. The van der Waals surface area contributed by atoms with Crippen LogP contribution in [-0.2, 0) is 0 Å². The highest BCUT2D eigenvalue weighted by atomic mass is 32.1. The molecule has 54 heavy (non-hydrogen) atoms. The normalized spacial score (nSPS) is 11.9. The second kappa shape index (κ2) is 12.3. The van der Waals surface area contributed by atoms with Crippen molar-refractivity contribution < 1.29 is 0 Å². The number of nitrogens with zero attached hydrogens (tertiary/aromatic N) is 2. The number of thiophene rings is 1. The Kier molecular flexibility index (Phi) is 7.04.